The molecule has 18 heavy (non-hydrogen) atoms. The van der Waals surface area contributed by atoms with Crippen molar-refractivity contribution in [1.82, 2.24) is 10.2 Å². The van der Waals surface area contributed by atoms with Crippen molar-refractivity contribution in [3.05, 3.63) is 0 Å². The molecule has 1 saturated carbocycles. The van der Waals surface area contributed by atoms with E-state index in [4.69, 9.17) is 0 Å². The molecule has 1 aliphatic carbocycles. The van der Waals surface area contributed by atoms with E-state index in [9.17, 15) is 0 Å². The highest BCUT2D eigenvalue weighted by Gasteiger charge is 2.35. The van der Waals surface area contributed by atoms with Crippen molar-refractivity contribution < 1.29 is 0 Å². The summed E-state index contributed by atoms with van der Waals surface area (Å²) in [6.45, 7) is 12.0. The van der Waals surface area contributed by atoms with Gasteiger partial charge in [-0.25, -0.2) is 0 Å². The Labute approximate surface area is 114 Å². The average Bonchev–Trinajstić information content (AvgIpc) is 2.38. The average molecular weight is 252 g/mol. The van der Waals surface area contributed by atoms with E-state index in [1.807, 2.05) is 0 Å². The molecule has 1 N–H and O–H groups in total. The van der Waals surface area contributed by atoms with Crippen LogP contribution in [-0.4, -0.2) is 36.1 Å². The van der Waals surface area contributed by atoms with Crippen LogP contribution in [0, 0.1) is 5.41 Å². The van der Waals surface area contributed by atoms with Crippen LogP contribution in [-0.2, 0) is 0 Å². The zero-order chi connectivity index (χ0) is 13.2. The monoisotopic (exact) mass is 252 g/mol. The van der Waals surface area contributed by atoms with Crippen LogP contribution in [0.1, 0.15) is 66.2 Å². The van der Waals surface area contributed by atoms with Crippen molar-refractivity contribution >= 4 is 0 Å². The van der Waals surface area contributed by atoms with E-state index in [-0.39, 0.29) is 0 Å². The minimum absolute atomic E-state index is 0.594. The van der Waals surface area contributed by atoms with Gasteiger partial charge in [0, 0.05) is 31.2 Å². The highest BCUT2D eigenvalue weighted by molar-refractivity contribution is 4.92. The van der Waals surface area contributed by atoms with Gasteiger partial charge in [0.1, 0.15) is 0 Å². The van der Waals surface area contributed by atoms with Gasteiger partial charge in [-0.2, -0.15) is 0 Å². The molecule has 2 atom stereocenters. The summed E-state index contributed by atoms with van der Waals surface area (Å²) in [6, 6.07) is 2.36. The highest BCUT2D eigenvalue weighted by atomic mass is 15.3. The van der Waals surface area contributed by atoms with Crippen molar-refractivity contribution in [3.63, 3.8) is 0 Å². The second-order valence-electron chi connectivity index (χ2n) is 7.17. The first-order valence-corrected chi connectivity index (χ1v) is 8.05. The lowest BCUT2D eigenvalue weighted by Gasteiger charge is -2.47. The smallest absolute Gasteiger partial charge is 0.0221 e. The third-order valence-corrected chi connectivity index (χ3v) is 5.28. The third-order valence-electron chi connectivity index (χ3n) is 5.28. The normalized spacial score (nSPS) is 34.7. The molecule has 1 aliphatic heterocycles. The van der Waals surface area contributed by atoms with E-state index in [2.05, 4.69) is 37.9 Å². The number of nitrogens with zero attached hydrogens (tertiary/aromatic N) is 1. The number of nitrogens with one attached hydrogen (secondary N) is 1. The molecule has 2 nitrogen and oxygen atoms in total. The predicted molar refractivity (Wildman–Crippen MR) is 78.9 cm³/mol. The summed E-state index contributed by atoms with van der Waals surface area (Å²) < 4.78 is 0. The Morgan fingerprint density at radius 2 is 1.78 bits per heavy atom. The Bertz CT molecular complexity index is 252. The molecule has 106 valence electrons. The third kappa shape index (κ3) is 3.27. The van der Waals surface area contributed by atoms with Gasteiger partial charge < -0.3 is 5.32 Å². The zero-order valence-corrected chi connectivity index (χ0v) is 12.8. The molecule has 0 amide bonds. The molecule has 0 radical (unpaired) electrons. The highest BCUT2D eigenvalue weighted by Crippen LogP contribution is 2.38. The molecular formula is C16H32N2. The summed E-state index contributed by atoms with van der Waals surface area (Å²) >= 11 is 0. The van der Waals surface area contributed by atoms with Crippen molar-refractivity contribution in [2.75, 3.05) is 13.1 Å². The summed E-state index contributed by atoms with van der Waals surface area (Å²) in [5.41, 5.74) is 0.594. The van der Waals surface area contributed by atoms with E-state index in [1.54, 1.807) is 0 Å². The molecule has 1 heterocycles. The topological polar surface area (TPSA) is 15.3 Å². The van der Waals surface area contributed by atoms with E-state index in [0.717, 1.165) is 18.1 Å². The fourth-order valence-corrected chi connectivity index (χ4v) is 3.70. The summed E-state index contributed by atoms with van der Waals surface area (Å²) in [6.07, 6.45) is 8.22. The SMILES string of the molecule is CCC1CN(C2CCC(C)(C)CC2)C(CC)CN1. The zero-order valence-electron chi connectivity index (χ0n) is 12.8. The van der Waals surface area contributed by atoms with Gasteiger partial charge in [-0.15, -0.1) is 0 Å². The van der Waals surface area contributed by atoms with Gasteiger partial charge in [0.05, 0.1) is 0 Å². The molecule has 1 saturated heterocycles. The summed E-state index contributed by atoms with van der Waals surface area (Å²) in [5.74, 6) is 0. The van der Waals surface area contributed by atoms with Crippen LogP contribution in [0.2, 0.25) is 0 Å². The molecule has 0 aromatic rings. The van der Waals surface area contributed by atoms with Gasteiger partial charge in [-0.3, -0.25) is 4.90 Å². The second-order valence-corrected chi connectivity index (χ2v) is 7.17. The molecule has 0 aromatic carbocycles. The Morgan fingerprint density at radius 1 is 1.11 bits per heavy atom. The molecule has 2 heteroatoms. The Balaban J connectivity index is 1.96. The van der Waals surface area contributed by atoms with Crippen LogP contribution in [0.3, 0.4) is 0 Å². The van der Waals surface area contributed by atoms with Crippen molar-refractivity contribution in [2.45, 2.75) is 84.3 Å². The second kappa shape index (κ2) is 5.92. The Morgan fingerprint density at radius 3 is 2.33 bits per heavy atom. The van der Waals surface area contributed by atoms with Crippen molar-refractivity contribution in [2.24, 2.45) is 5.41 Å². The van der Waals surface area contributed by atoms with Crippen LogP contribution in [0.25, 0.3) is 0 Å². The molecule has 0 bridgehead atoms. The van der Waals surface area contributed by atoms with Crippen LogP contribution in [0.15, 0.2) is 0 Å². The van der Waals surface area contributed by atoms with E-state index >= 15 is 0 Å². The van der Waals surface area contributed by atoms with Crippen molar-refractivity contribution in [3.8, 4) is 0 Å². The standard InChI is InChI=1S/C16H32N2/c1-5-13-12-18(14(6-2)11-17-13)15-7-9-16(3,4)10-8-15/h13-15,17H,5-12H2,1-4H3. The molecule has 2 fully saturated rings. The lowest BCUT2D eigenvalue weighted by atomic mass is 9.75. The van der Waals surface area contributed by atoms with Crippen LogP contribution in [0.5, 0.6) is 0 Å². The minimum atomic E-state index is 0.594. The lowest BCUT2D eigenvalue weighted by molar-refractivity contribution is 0.0378. The molecule has 0 aromatic heterocycles. The molecular weight excluding hydrogens is 220 g/mol. The maximum atomic E-state index is 3.71. The first kappa shape index (κ1) is 14.3. The van der Waals surface area contributed by atoms with Crippen molar-refractivity contribution in [1.29, 1.82) is 0 Å². The van der Waals surface area contributed by atoms with Gasteiger partial charge in [-0.1, -0.05) is 27.7 Å². The summed E-state index contributed by atoms with van der Waals surface area (Å²) in [4.78, 5) is 2.85. The molecule has 2 aliphatic rings. The minimum Gasteiger partial charge on any atom is -0.311 e. The largest absolute Gasteiger partial charge is 0.311 e. The molecule has 0 spiro atoms. The quantitative estimate of drug-likeness (QED) is 0.828. The van der Waals surface area contributed by atoms with E-state index in [1.165, 1.54) is 51.6 Å². The number of rotatable bonds is 3. The number of hydrogen-bond donors (Lipinski definition) is 1. The van der Waals surface area contributed by atoms with Crippen LogP contribution < -0.4 is 5.32 Å². The maximum absolute atomic E-state index is 3.71. The lowest BCUT2D eigenvalue weighted by Crippen LogP contribution is -2.59. The van der Waals surface area contributed by atoms with E-state index < -0.39 is 0 Å². The van der Waals surface area contributed by atoms with Gasteiger partial charge in [0.25, 0.3) is 0 Å². The Kier molecular flexibility index (Phi) is 4.71. The Hall–Kier alpha value is -0.0800. The maximum Gasteiger partial charge on any atom is 0.0221 e. The van der Waals surface area contributed by atoms with Gasteiger partial charge >= 0.3 is 0 Å². The van der Waals surface area contributed by atoms with Crippen LogP contribution >= 0.6 is 0 Å². The van der Waals surface area contributed by atoms with Gasteiger partial charge in [0.15, 0.2) is 0 Å². The predicted octanol–water partition coefficient (Wildman–Crippen LogP) is 3.42. The molecule has 2 unspecified atom stereocenters. The fourth-order valence-electron chi connectivity index (χ4n) is 3.70. The van der Waals surface area contributed by atoms with Gasteiger partial charge in [0.2, 0.25) is 0 Å². The summed E-state index contributed by atoms with van der Waals surface area (Å²) in [5, 5.41) is 3.71. The first-order chi connectivity index (χ1) is 8.55. The number of hydrogen-bond acceptors (Lipinski definition) is 2. The fraction of sp³-hybridized carbons (Fsp3) is 1.00. The first-order valence-electron chi connectivity index (χ1n) is 8.05. The number of piperazine rings is 1. The molecule has 2 rings (SSSR count). The van der Waals surface area contributed by atoms with Crippen LogP contribution in [0.4, 0.5) is 0 Å². The van der Waals surface area contributed by atoms with Gasteiger partial charge in [-0.05, 0) is 43.9 Å². The van der Waals surface area contributed by atoms with E-state index in [0.29, 0.717) is 5.41 Å². The summed E-state index contributed by atoms with van der Waals surface area (Å²) in [7, 11) is 0.